The average molecular weight is 438 g/mol. The minimum Gasteiger partial charge on any atom is -0.478 e. The van der Waals surface area contributed by atoms with E-state index in [9.17, 15) is 19.2 Å². The van der Waals surface area contributed by atoms with Gasteiger partial charge in [0.05, 0.1) is 0 Å². The first kappa shape index (κ1) is 24.9. The van der Waals surface area contributed by atoms with Gasteiger partial charge in [0.1, 0.15) is 5.69 Å². The molecule has 2 aromatic rings. The van der Waals surface area contributed by atoms with Gasteiger partial charge < -0.3 is 25.4 Å². The molecule has 0 aliphatic carbocycles. The molecule has 1 heterocycles. The molecule has 30 heavy (non-hydrogen) atoms. The largest absolute Gasteiger partial charge is 0.478 e. The molecule has 0 aliphatic heterocycles. The zero-order valence-corrected chi connectivity index (χ0v) is 17.4. The van der Waals surface area contributed by atoms with Crippen LogP contribution in [0.15, 0.2) is 41.2 Å². The van der Waals surface area contributed by atoms with Gasteiger partial charge in [-0.05, 0) is 51.7 Å². The number of carbonyl (C=O) groups is 3. The number of rotatable bonds is 8. The molecule has 0 saturated heterocycles. The Kier molecular flexibility index (Phi) is 10.3. The summed E-state index contributed by atoms with van der Waals surface area (Å²) < 4.78 is 0. The molecule has 0 fully saturated rings. The van der Waals surface area contributed by atoms with Gasteiger partial charge in [0.25, 0.3) is 5.91 Å². The molecule has 162 valence electrons. The average Bonchev–Trinajstić information content (AvgIpc) is 2.66. The zero-order valence-electron chi connectivity index (χ0n) is 16.6. The molecule has 0 saturated carbocycles. The molecule has 0 radical (unpaired) electrons. The van der Waals surface area contributed by atoms with E-state index in [1.807, 2.05) is 14.1 Å². The highest BCUT2D eigenvalue weighted by Crippen LogP contribution is 2.15. The van der Waals surface area contributed by atoms with Crippen LogP contribution in [0.25, 0.3) is 10.9 Å². The van der Waals surface area contributed by atoms with Gasteiger partial charge in [-0.1, -0.05) is 11.6 Å². The summed E-state index contributed by atoms with van der Waals surface area (Å²) in [5, 5.41) is 19.4. The van der Waals surface area contributed by atoms with Crippen molar-refractivity contribution >= 4 is 40.3 Å². The summed E-state index contributed by atoms with van der Waals surface area (Å²) in [6.45, 7) is 1.58. The summed E-state index contributed by atoms with van der Waals surface area (Å²) in [5.74, 6) is -2.78. The van der Waals surface area contributed by atoms with Crippen LogP contribution < -0.4 is 10.7 Å². The maximum absolute atomic E-state index is 12.1. The van der Waals surface area contributed by atoms with E-state index in [1.165, 1.54) is 6.07 Å². The SMILES string of the molecule is CN(C)CCCCNC(=O)c1cc(=O)c2cc(Cl)ccc2[nH]1.O=C(O)/C=C\C(=O)O. The maximum atomic E-state index is 12.1. The number of H-pyrrole nitrogens is 1. The molecule has 4 N–H and O–H groups in total. The van der Waals surface area contributed by atoms with Crippen LogP contribution in [0.1, 0.15) is 23.3 Å². The number of hydrogen-bond donors (Lipinski definition) is 4. The molecule has 10 heteroatoms. The molecular formula is C20H24ClN3O6. The molecule has 0 atom stereocenters. The normalized spacial score (nSPS) is 10.7. The van der Waals surface area contributed by atoms with Crippen molar-refractivity contribution in [1.82, 2.24) is 15.2 Å². The van der Waals surface area contributed by atoms with E-state index in [-0.39, 0.29) is 17.0 Å². The third-order valence-electron chi connectivity index (χ3n) is 3.72. The number of aromatic amines is 1. The van der Waals surface area contributed by atoms with Crippen LogP contribution in [0.4, 0.5) is 0 Å². The monoisotopic (exact) mass is 437 g/mol. The Morgan fingerprint density at radius 2 is 1.73 bits per heavy atom. The fourth-order valence-electron chi connectivity index (χ4n) is 2.33. The number of halogens is 1. The van der Waals surface area contributed by atoms with Crippen molar-refractivity contribution < 1.29 is 24.6 Å². The van der Waals surface area contributed by atoms with Crippen molar-refractivity contribution in [3.63, 3.8) is 0 Å². The van der Waals surface area contributed by atoms with E-state index in [4.69, 9.17) is 21.8 Å². The van der Waals surface area contributed by atoms with Gasteiger partial charge >= 0.3 is 11.9 Å². The summed E-state index contributed by atoms with van der Waals surface area (Å²) in [4.78, 5) is 48.3. The summed E-state index contributed by atoms with van der Waals surface area (Å²) in [5.41, 5.74) is 0.663. The number of amides is 1. The van der Waals surface area contributed by atoms with Crippen molar-refractivity contribution in [3.8, 4) is 0 Å². The van der Waals surface area contributed by atoms with Gasteiger partial charge in [0.2, 0.25) is 0 Å². The van der Waals surface area contributed by atoms with Gasteiger partial charge in [-0.15, -0.1) is 0 Å². The number of carboxylic acids is 2. The third kappa shape index (κ3) is 9.35. The fourth-order valence-corrected chi connectivity index (χ4v) is 2.51. The summed E-state index contributed by atoms with van der Waals surface area (Å²) >= 11 is 5.88. The van der Waals surface area contributed by atoms with Crippen LogP contribution in [0.2, 0.25) is 5.02 Å². The molecule has 0 unspecified atom stereocenters. The number of nitrogens with zero attached hydrogens (tertiary/aromatic N) is 1. The van der Waals surface area contributed by atoms with Crippen LogP contribution in [-0.2, 0) is 9.59 Å². The van der Waals surface area contributed by atoms with E-state index in [1.54, 1.807) is 18.2 Å². The number of aliphatic carboxylic acids is 2. The second-order valence-electron chi connectivity index (χ2n) is 6.51. The summed E-state index contributed by atoms with van der Waals surface area (Å²) in [6, 6.07) is 6.29. The van der Waals surface area contributed by atoms with Gasteiger partial charge in [-0.25, -0.2) is 9.59 Å². The molecule has 0 spiro atoms. The summed E-state index contributed by atoms with van der Waals surface area (Å²) in [6.07, 6.45) is 3.03. The standard InChI is InChI=1S/C16H20ClN3O2.C4H4O4/c1-20(2)8-4-3-7-18-16(22)14-10-15(21)12-9-11(17)5-6-13(12)19-14;5-3(6)1-2-4(7)8/h5-6,9-10H,3-4,7-8H2,1-2H3,(H,18,22)(H,19,21);1-2H,(H,5,6)(H,7,8)/b;2-1-. The van der Waals surface area contributed by atoms with Gasteiger partial charge in [-0.2, -0.15) is 0 Å². The van der Waals surface area contributed by atoms with Gasteiger partial charge in [0.15, 0.2) is 5.43 Å². The van der Waals surface area contributed by atoms with Crippen molar-refractivity contribution in [1.29, 1.82) is 0 Å². The first-order valence-electron chi connectivity index (χ1n) is 8.99. The number of fused-ring (bicyclic) bond motifs is 1. The number of unbranched alkanes of at least 4 members (excludes halogenated alkanes) is 1. The lowest BCUT2D eigenvalue weighted by molar-refractivity contribution is -0.134. The molecule has 1 aromatic heterocycles. The Morgan fingerprint density at radius 1 is 1.10 bits per heavy atom. The van der Waals surface area contributed by atoms with Crippen molar-refractivity contribution in [2.24, 2.45) is 0 Å². The lowest BCUT2D eigenvalue weighted by Crippen LogP contribution is -2.27. The lowest BCUT2D eigenvalue weighted by Gasteiger charge is -2.09. The third-order valence-corrected chi connectivity index (χ3v) is 3.96. The predicted octanol–water partition coefficient (Wildman–Crippen LogP) is 1.96. The molecular weight excluding hydrogens is 414 g/mol. The number of carbonyl (C=O) groups excluding carboxylic acids is 1. The first-order chi connectivity index (χ1) is 14.1. The second kappa shape index (κ2) is 12.4. The van der Waals surface area contributed by atoms with E-state index >= 15 is 0 Å². The molecule has 0 aliphatic rings. The molecule has 1 aromatic carbocycles. The quantitative estimate of drug-likeness (QED) is 0.365. The Hall–Kier alpha value is -3.17. The highest BCUT2D eigenvalue weighted by Gasteiger charge is 2.09. The number of benzene rings is 1. The predicted molar refractivity (Wildman–Crippen MR) is 114 cm³/mol. The van der Waals surface area contributed by atoms with Crippen LogP contribution in [-0.4, -0.2) is 65.1 Å². The minimum atomic E-state index is -1.26. The van der Waals surface area contributed by atoms with Crippen LogP contribution >= 0.6 is 11.6 Å². The van der Waals surface area contributed by atoms with Crippen LogP contribution in [0, 0.1) is 0 Å². The Morgan fingerprint density at radius 3 is 2.30 bits per heavy atom. The Labute approximate surface area is 178 Å². The molecule has 9 nitrogen and oxygen atoms in total. The second-order valence-corrected chi connectivity index (χ2v) is 6.95. The summed E-state index contributed by atoms with van der Waals surface area (Å²) in [7, 11) is 4.04. The minimum absolute atomic E-state index is 0.214. The number of carboxylic acid groups (broad SMARTS) is 2. The molecule has 0 bridgehead atoms. The van der Waals surface area contributed by atoms with Gasteiger partial charge in [0, 0.05) is 40.7 Å². The number of hydrogen-bond acceptors (Lipinski definition) is 5. The van der Waals surface area contributed by atoms with Crippen molar-refractivity contribution in [2.45, 2.75) is 12.8 Å². The zero-order chi connectivity index (χ0) is 22.7. The lowest BCUT2D eigenvalue weighted by atomic mass is 10.2. The van der Waals surface area contributed by atoms with Crippen molar-refractivity contribution in [2.75, 3.05) is 27.2 Å². The highest BCUT2D eigenvalue weighted by atomic mass is 35.5. The van der Waals surface area contributed by atoms with Crippen LogP contribution in [0.3, 0.4) is 0 Å². The topological polar surface area (TPSA) is 140 Å². The first-order valence-corrected chi connectivity index (χ1v) is 9.37. The fraction of sp³-hybridized carbons (Fsp3) is 0.300. The van der Waals surface area contributed by atoms with Gasteiger partial charge in [-0.3, -0.25) is 9.59 Å². The van der Waals surface area contributed by atoms with Crippen molar-refractivity contribution in [3.05, 3.63) is 57.4 Å². The molecule has 2 rings (SSSR count). The molecule has 1 amide bonds. The smallest absolute Gasteiger partial charge is 0.328 e. The Balaban J connectivity index is 0.000000479. The highest BCUT2D eigenvalue weighted by molar-refractivity contribution is 6.31. The van der Waals surface area contributed by atoms with E-state index in [0.717, 1.165) is 19.4 Å². The maximum Gasteiger partial charge on any atom is 0.328 e. The number of pyridine rings is 1. The van der Waals surface area contributed by atoms with E-state index in [2.05, 4.69) is 15.2 Å². The van der Waals surface area contributed by atoms with Crippen LogP contribution in [0.5, 0.6) is 0 Å². The Bertz CT molecular complexity index is 968. The number of nitrogens with one attached hydrogen (secondary N) is 2. The van der Waals surface area contributed by atoms with E-state index in [0.29, 0.717) is 34.6 Å². The number of aromatic nitrogens is 1. The van der Waals surface area contributed by atoms with E-state index < -0.39 is 11.9 Å².